The molecule has 4 saturated carbocycles. The van der Waals surface area contributed by atoms with E-state index in [0.717, 1.165) is 0 Å². The Morgan fingerprint density at radius 3 is 1.26 bits per heavy atom. The Morgan fingerprint density at radius 1 is 0.500 bits per heavy atom. The number of aromatic nitrogens is 6. The van der Waals surface area contributed by atoms with Crippen LogP contribution in [0.15, 0.2) is 92.0 Å². The van der Waals surface area contributed by atoms with Crippen LogP contribution in [0, 0.1) is 34.5 Å². The van der Waals surface area contributed by atoms with Crippen molar-refractivity contribution in [2.75, 3.05) is 0 Å². The van der Waals surface area contributed by atoms with Gasteiger partial charge in [-0.3, -0.25) is 0 Å². The van der Waals surface area contributed by atoms with Gasteiger partial charge in [0.05, 0.1) is 35.5 Å². The lowest BCUT2D eigenvalue weighted by molar-refractivity contribution is -0.575. The zero-order valence-corrected chi connectivity index (χ0v) is 19.9. The van der Waals surface area contributed by atoms with Gasteiger partial charge in [0.2, 0.25) is 0 Å². The molecule has 10 heteroatoms. The van der Waals surface area contributed by atoms with Gasteiger partial charge in [0.25, 0.3) is 0 Å². The SMILES string of the molecule is O=c1n(-c2ccccc2)c(=O)n2n1[C@H]1C=C[C@H]2[C@]23[C@H]4[C@@H]5[C@H]6[C@@H]4[C@@]12[C@H]6n1c(=O)n(-c2ccccc2)c(=O)n1[C@H]53. The smallest absolute Gasteiger partial charge is 0.245 e. The molecule has 0 unspecified atom stereocenters. The fourth-order valence-corrected chi connectivity index (χ4v) is 11.3. The van der Waals surface area contributed by atoms with Crippen molar-refractivity contribution in [3.63, 3.8) is 0 Å². The summed E-state index contributed by atoms with van der Waals surface area (Å²) in [6.45, 7) is 0. The first kappa shape index (κ1) is 18.8. The summed E-state index contributed by atoms with van der Waals surface area (Å²) < 4.78 is 9.38. The van der Waals surface area contributed by atoms with Crippen LogP contribution in [0.5, 0.6) is 0 Å². The molecule has 38 heavy (non-hydrogen) atoms. The molecule has 2 aromatic heterocycles. The normalized spacial score (nSPS) is 41.7. The molecule has 5 aliphatic carbocycles. The first-order chi connectivity index (χ1) is 18.6. The van der Waals surface area contributed by atoms with Crippen molar-refractivity contribution in [2.45, 2.75) is 24.2 Å². The second-order valence-corrected chi connectivity index (χ2v) is 12.1. The largest absolute Gasteiger partial charge is 0.352 e. The summed E-state index contributed by atoms with van der Waals surface area (Å²) in [4.78, 5) is 55.6. The Hall–Kier alpha value is -4.34. The molecule has 10 nitrogen and oxygen atoms in total. The fraction of sp³-hybridized carbons (Fsp3) is 0.357. The number of hydrogen-bond donors (Lipinski definition) is 0. The van der Waals surface area contributed by atoms with Gasteiger partial charge in [-0.05, 0) is 47.9 Å². The number of hydrogen-bond acceptors (Lipinski definition) is 4. The second kappa shape index (κ2) is 5.16. The van der Waals surface area contributed by atoms with E-state index in [9.17, 15) is 19.2 Å². The third-order valence-corrected chi connectivity index (χ3v) is 11.8. The summed E-state index contributed by atoms with van der Waals surface area (Å²) >= 11 is 0. The zero-order chi connectivity index (χ0) is 25.0. The fourth-order valence-electron chi connectivity index (χ4n) is 11.3. The molecular weight excluding hydrogens is 484 g/mol. The molecule has 13 rings (SSSR count). The molecule has 4 aliphatic heterocycles. The number of para-hydroxylation sites is 2. The van der Waals surface area contributed by atoms with Crippen molar-refractivity contribution >= 4 is 0 Å². The van der Waals surface area contributed by atoms with E-state index in [1.54, 1.807) is 43.0 Å². The van der Waals surface area contributed by atoms with E-state index in [1.807, 2.05) is 36.4 Å². The highest BCUT2D eigenvalue weighted by Crippen LogP contribution is 3.06. The molecule has 186 valence electrons. The third kappa shape index (κ3) is 1.33. The van der Waals surface area contributed by atoms with Crippen LogP contribution in [0.3, 0.4) is 0 Å². The van der Waals surface area contributed by atoms with Crippen molar-refractivity contribution in [3.05, 3.63) is 115 Å². The molecule has 4 bridgehead atoms. The molecule has 2 spiro atoms. The van der Waals surface area contributed by atoms with Crippen LogP contribution in [-0.4, -0.2) is 27.9 Å². The Labute approximate surface area is 212 Å². The Morgan fingerprint density at radius 2 is 0.868 bits per heavy atom. The minimum atomic E-state index is -0.339. The van der Waals surface area contributed by atoms with E-state index < -0.39 is 0 Å². The number of rotatable bonds is 2. The molecule has 10 atom stereocenters. The first-order valence-corrected chi connectivity index (χ1v) is 13.3. The maximum absolute atomic E-state index is 13.9. The lowest BCUT2D eigenvalue weighted by Crippen LogP contribution is -3.04. The standard InChI is InChI=1S/C28H20N6O4/c35-23-29(13-7-3-1-4-8-13)24(36)32-16-12-11-15(31(23)32)27-19-17-18-20(19)28(16,27)22(18)34-26(38)30(14-9-5-2-6-10-14)25(37)33(34)21(17)27/h1-12,15-22H/t15-,16-,17-,18-,19-,20-,21-,22+,27+,28+/m0/s1. The van der Waals surface area contributed by atoms with Gasteiger partial charge in [-0.25, -0.2) is 47.0 Å². The minimum absolute atomic E-state index is 0.147. The molecule has 2 aromatic carbocycles. The van der Waals surface area contributed by atoms with E-state index >= 15 is 0 Å². The van der Waals surface area contributed by atoms with Crippen LogP contribution in [0.2, 0.25) is 0 Å². The summed E-state index contributed by atoms with van der Waals surface area (Å²) in [7, 11) is 0. The summed E-state index contributed by atoms with van der Waals surface area (Å²) in [6, 6.07) is 17.2. The molecular formula is C28H20N6O4. The molecule has 0 N–H and O–H groups in total. The second-order valence-electron chi connectivity index (χ2n) is 12.1. The van der Waals surface area contributed by atoms with Crippen LogP contribution in [0.25, 0.3) is 11.4 Å². The van der Waals surface area contributed by atoms with Gasteiger partial charge in [-0.15, -0.1) is 0 Å². The van der Waals surface area contributed by atoms with Crippen molar-refractivity contribution < 1.29 is 0 Å². The maximum Gasteiger partial charge on any atom is 0.352 e. The van der Waals surface area contributed by atoms with Gasteiger partial charge in [0.15, 0.2) is 0 Å². The van der Waals surface area contributed by atoms with E-state index in [2.05, 4.69) is 12.2 Å². The summed E-state index contributed by atoms with van der Waals surface area (Å²) in [5, 5.41) is 0. The molecule has 0 radical (unpaired) electrons. The minimum Gasteiger partial charge on any atom is -0.245 e. The van der Waals surface area contributed by atoms with Crippen molar-refractivity contribution in [2.24, 2.45) is 34.5 Å². The lowest BCUT2D eigenvalue weighted by Gasteiger charge is -3.03. The van der Waals surface area contributed by atoms with Gasteiger partial charge in [0, 0.05) is 10.8 Å². The van der Waals surface area contributed by atoms with E-state index in [0.29, 0.717) is 35.0 Å². The summed E-state index contributed by atoms with van der Waals surface area (Å²) in [6.07, 6.45) is 4.20. The van der Waals surface area contributed by atoms with E-state index in [4.69, 9.17) is 0 Å². The highest BCUT2D eigenvalue weighted by atomic mass is 16.2. The zero-order valence-electron chi connectivity index (χ0n) is 19.9. The first-order valence-electron chi connectivity index (χ1n) is 13.3. The highest BCUT2D eigenvalue weighted by Gasteiger charge is 3.06. The molecule has 6 heterocycles. The highest BCUT2D eigenvalue weighted by molar-refractivity contribution is 5.55. The number of nitrogens with zero attached hydrogens (tertiary/aromatic N) is 6. The third-order valence-electron chi connectivity index (χ3n) is 11.8. The van der Waals surface area contributed by atoms with Gasteiger partial charge in [0.1, 0.15) is 0 Å². The topological polar surface area (TPSA) is 97.9 Å². The predicted molar refractivity (Wildman–Crippen MR) is 133 cm³/mol. The van der Waals surface area contributed by atoms with E-state index in [-0.39, 0.29) is 57.8 Å². The van der Waals surface area contributed by atoms with E-state index in [1.165, 1.54) is 9.13 Å². The van der Waals surface area contributed by atoms with Crippen molar-refractivity contribution in [1.82, 2.24) is 27.9 Å². The molecule has 4 fully saturated rings. The van der Waals surface area contributed by atoms with Gasteiger partial charge in [-0.1, -0.05) is 48.6 Å². The Kier molecular flexibility index (Phi) is 2.56. The molecule has 4 aromatic rings. The number of benzene rings is 2. The summed E-state index contributed by atoms with van der Waals surface area (Å²) in [5.41, 5.74) is -0.802. The van der Waals surface area contributed by atoms with Gasteiger partial charge >= 0.3 is 22.8 Å². The van der Waals surface area contributed by atoms with Crippen LogP contribution < -0.4 is 22.8 Å². The van der Waals surface area contributed by atoms with Crippen LogP contribution in [0.1, 0.15) is 24.2 Å². The number of allylic oxidation sites excluding steroid dienone is 2. The monoisotopic (exact) mass is 504 g/mol. The average Bonchev–Trinajstić information content (AvgIpc) is 3.34. The molecule has 0 amide bonds. The summed E-state index contributed by atoms with van der Waals surface area (Å²) in [5.74, 6) is 1.57. The Bertz CT molecular complexity index is 1950. The van der Waals surface area contributed by atoms with Crippen molar-refractivity contribution in [1.29, 1.82) is 0 Å². The van der Waals surface area contributed by atoms with Gasteiger partial charge in [-0.2, -0.15) is 0 Å². The molecule has 0 saturated heterocycles. The van der Waals surface area contributed by atoms with Crippen LogP contribution in [-0.2, 0) is 0 Å². The maximum atomic E-state index is 13.9. The van der Waals surface area contributed by atoms with Crippen molar-refractivity contribution in [3.8, 4) is 11.4 Å². The predicted octanol–water partition coefficient (Wildman–Crippen LogP) is 0.868. The lowest BCUT2D eigenvalue weighted by atomic mass is 9.03. The van der Waals surface area contributed by atoms with Gasteiger partial charge < -0.3 is 0 Å². The Balaban J connectivity index is 1.21. The quantitative estimate of drug-likeness (QED) is 0.379. The molecule has 9 aliphatic rings. The average molecular weight is 505 g/mol. The van der Waals surface area contributed by atoms with Crippen LogP contribution in [0.4, 0.5) is 0 Å². The van der Waals surface area contributed by atoms with Crippen LogP contribution >= 0.6 is 0 Å².